The van der Waals surface area contributed by atoms with Crippen molar-refractivity contribution in [1.82, 2.24) is 4.90 Å². The molecule has 4 rings (SSSR count). The maximum atomic E-state index is 13.6. The lowest BCUT2D eigenvalue weighted by Gasteiger charge is -2.27. The van der Waals surface area contributed by atoms with Crippen LogP contribution in [-0.2, 0) is 21.5 Å². The molecule has 3 aromatic carbocycles. The quantitative estimate of drug-likeness (QED) is 0.258. The van der Waals surface area contributed by atoms with Crippen molar-refractivity contribution in [3.63, 3.8) is 0 Å². The van der Waals surface area contributed by atoms with Gasteiger partial charge in [0.2, 0.25) is 0 Å². The average molecular weight is 500 g/mol. The first-order valence-electron chi connectivity index (χ1n) is 12.2. The van der Waals surface area contributed by atoms with Crippen LogP contribution in [0.3, 0.4) is 0 Å². The molecule has 1 fully saturated rings. The normalized spacial score (nSPS) is 17.2. The van der Waals surface area contributed by atoms with Gasteiger partial charge in [0.1, 0.15) is 17.3 Å². The number of carbonyl (C=O) groups is 2. The van der Waals surface area contributed by atoms with E-state index >= 15 is 0 Å². The molecule has 0 spiro atoms. The second kappa shape index (κ2) is 10.1. The predicted molar refractivity (Wildman–Crippen MR) is 144 cm³/mol. The number of hydrogen-bond acceptors (Lipinski definition) is 5. The Morgan fingerprint density at radius 3 is 2.22 bits per heavy atom. The Bertz CT molecular complexity index is 1380. The Kier molecular flexibility index (Phi) is 7.12. The van der Waals surface area contributed by atoms with Crippen LogP contribution in [-0.4, -0.2) is 35.9 Å². The molecule has 0 radical (unpaired) electrons. The molecule has 1 heterocycles. The molecule has 0 saturated carbocycles. The van der Waals surface area contributed by atoms with Gasteiger partial charge in [-0.25, -0.2) is 0 Å². The van der Waals surface area contributed by atoms with Crippen LogP contribution < -0.4 is 9.47 Å². The summed E-state index contributed by atoms with van der Waals surface area (Å²) in [6.45, 7) is 8.28. The van der Waals surface area contributed by atoms with Crippen LogP contribution in [0.2, 0.25) is 0 Å². The Morgan fingerprint density at radius 1 is 0.919 bits per heavy atom. The van der Waals surface area contributed by atoms with E-state index in [9.17, 15) is 14.7 Å². The van der Waals surface area contributed by atoms with E-state index in [1.165, 1.54) is 12.0 Å². The number of hydrogen-bond donors (Lipinski definition) is 1. The lowest BCUT2D eigenvalue weighted by molar-refractivity contribution is -0.140. The topological polar surface area (TPSA) is 76.1 Å². The third-order valence-corrected chi connectivity index (χ3v) is 6.88. The molecule has 1 saturated heterocycles. The molecule has 0 bridgehead atoms. The first kappa shape index (κ1) is 26.0. The smallest absolute Gasteiger partial charge is 0.295 e. The summed E-state index contributed by atoms with van der Waals surface area (Å²) in [5, 5.41) is 11.7. The number of aliphatic hydroxyl groups is 1. The van der Waals surface area contributed by atoms with Gasteiger partial charge in [-0.2, -0.15) is 0 Å². The third kappa shape index (κ3) is 4.84. The van der Waals surface area contributed by atoms with Crippen molar-refractivity contribution in [3.05, 3.63) is 100 Å². The minimum atomic E-state index is -0.783. The maximum Gasteiger partial charge on any atom is 0.295 e. The van der Waals surface area contributed by atoms with Gasteiger partial charge in [-0.05, 0) is 47.2 Å². The van der Waals surface area contributed by atoms with Crippen LogP contribution in [0.25, 0.3) is 5.76 Å². The summed E-state index contributed by atoms with van der Waals surface area (Å²) < 4.78 is 11.1. The van der Waals surface area contributed by atoms with Gasteiger partial charge >= 0.3 is 0 Å². The fraction of sp³-hybridized carbons (Fsp3) is 0.290. The van der Waals surface area contributed by atoms with Crippen molar-refractivity contribution < 1.29 is 24.2 Å². The van der Waals surface area contributed by atoms with E-state index in [1.807, 2.05) is 67.6 Å². The number of ether oxygens (including phenoxy) is 2. The molecule has 1 aliphatic heterocycles. The Balaban J connectivity index is 1.95. The van der Waals surface area contributed by atoms with Crippen molar-refractivity contribution in [1.29, 1.82) is 0 Å². The van der Waals surface area contributed by atoms with Crippen LogP contribution in [0, 0.1) is 6.92 Å². The summed E-state index contributed by atoms with van der Waals surface area (Å²) in [5.74, 6) is -0.620. The van der Waals surface area contributed by atoms with Gasteiger partial charge in [0.15, 0.2) is 0 Å². The number of carbonyl (C=O) groups excluding carboxylic acids is 2. The molecule has 1 atom stereocenters. The second-order valence-electron chi connectivity index (χ2n) is 10.3. The van der Waals surface area contributed by atoms with Crippen LogP contribution in [0.5, 0.6) is 11.5 Å². The van der Waals surface area contributed by atoms with Gasteiger partial charge < -0.3 is 19.5 Å². The summed E-state index contributed by atoms with van der Waals surface area (Å²) in [4.78, 5) is 28.6. The zero-order valence-corrected chi connectivity index (χ0v) is 22.2. The van der Waals surface area contributed by atoms with Crippen molar-refractivity contribution in [3.8, 4) is 11.5 Å². The summed E-state index contributed by atoms with van der Waals surface area (Å²) in [6.07, 6.45) is 0. The van der Waals surface area contributed by atoms with Crippen LogP contribution >= 0.6 is 0 Å². The number of methoxy groups -OCH3 is 2. The number of nitrogens with zero attached hydrogens (tertiary/aromatic N) is 1. The van der Waals surface area contributed by atoms with E-state index in [4.69, 9.17) is 9.47 Å². The minimum Gasteiger partial charge on any atom is -0.507 e. The van der Waals surface area contributed by atoms with E-state index in [-0.39, 0.29) is 23.3 Å². The fourth-order valence-electron chi connectivity index (χ4n) is 4.78. The standard InChI is InChI=1S/C31H33NO5/c1-19-11-7-9-13-22(19)27-26(28(33)23-17-21(31(2,3)4)15-16-25(23)37-6)29(34)30(35)32(27)18-20-12-8-10-14-24(20)36-5/h7-17,27,33H,18H2,1-6H3/b28-26+. The van der Waals surface area contributed by atoms with Crippen LogP contribution in [0.15, 0.2) is 72.3 Å². The molecule has 6 nitrogen and oxygen atoms in total. The molecule has 6 heteroatoms. The van der Waals surface area contributed by atoms with Crippen molar-refractivity contribution in [2.45, 2.75) is 45.7 Å². The van der Waals surface area contributed by atoms with Crippen molar-refractivity contribution in [2.24, 2.45) is 0 Å². The number of para-hydroxylation sites is 1. The van der Waals surface area contributed by atoms with Crippen LogP contribution in [0.4, 0.5) is 0 Å². The highest BCUT2D eigenvalue weighted by Gasteiger charge is 2.47. The first-order valence-corrected chi connectivity index (χ1v) is 12.2. The number of likely N-dealkylation sites (tertiary alicyclic amines) is 1. The highest BCUT2D eigenvalue weighted by molar-refractivity contribution is 6.46. The summed E-state index contributed by atoms with van der Waals surface area (Å²) in [6, 6.07) is 19.7. The van der Waals surface area contributed by atoms with Crippen molar-refractivity contribution >= 4 is 17.4 Å². The average Bonchev–Trinajstić information content (AvgIpc) is 3.12. The number of amides is 1. The molecule has 1 N–H and O–H groups in total. The highest BCUT2D eigenvalue weighted by atomic mass is 16.5. The molecule has 1 aliphatic rings. The summed E-state index contributed by atoms with van der Waals surface area (Å²) >= 11 is 0. The number of ketones is 1. The van der Waals surface area contributed by atoms with Gasteiger partial charge in [0, 0.05) is 5.56 Å². The zero-order chi connectivity index (χ0) is 26.9. The highest BCUT2D eigenvalue weighted by Crippen LogP contribution is 2.43. The van der Waals surface area contributed by atoms with Gasteiger partial charge in [0.05, 0.1) is 37.9 Å². The largest absolute Gasteiger partial charge is 0.507 e. The Labute approximate surface area is 218 Å². The van der Waals surface area contributed by atoms with E-state index in [0.717, 1.165) is 22.3 Å². The third-order valence-electron chi connectivity index (χ3n) is 6.88. The Hall–Kier alpha value is -4.06. The zero-order valence-electron chi connectivity index (χ0n) is 22.2. The second-order valence-corrected chi connectivity index (χ2v) is 10.3. The van der Waals surface area contributed by atoms with E-state index in [2.05, 4.69) is 20.8 Å². The molecule has 0 aliphatic carbocycles. The van der Waals surface area contributed by atoms with E-state index in [0.29, 0.717) is 17.1 Å². The monoisotopic (exact) mass is 499 g/mol. The molecule has 37 heavy (non-hydrogen) atoms. The minimum absolute atomic E-state index is 0.0403. The number of benzene rings is 3. The SMILES string of the molecule is COc1ccccc1CN1C(=O)C(=O)/C(=C(/O)c2cc(C(C)(C)C)ccc2OC)C1c1ccccc1C. The first-order chi connectivity index (χ1) is 17.6. The van der Waals surface area contributed by atoms with Crippen molar-refractivity contribution in [2.75, 3.05) is 14.2 Å². The summed E-state index contributed by atoms with van der Waals surface area (Å²) in [5.41, 5.74) is 3.61. The molecular weight excluding hydrogens is 466 g/mol. The molecule has 192 valence electrons. The fourth-order valence-corrected chi connectivity index (χ4v) is 4.78. The number of aliphatic hydroxyl groups excluding tert-OH is 1. The van der Waals surface area contributed by atoms with Gasteiger partial charge in [-0.1, -0.05) is 69.3 Å². The van der Waals surface area contributed by atoms with Gasteiger partial charge in [0.25, 0.3) is 11.7 Å². The maximum absolute atomic E-state index is 13.6. The predicted octanol–water partition coefficient (Wildman–Crippen LogP) is 5.93. The van der Waals surface area contributed by atoms with E-state index < -0.39 is 17.7 Å². The number of aryl methyl sites for hydroxylation is 1. The lowest BCUT2D eigenvalue weighted by Crippen LogP contribution is -2.29. The molecule has 1 amide bonds. The summed E-state index contributed by atoms with van der Waals surface area (Å²) in [7, 11) is 3.09. The number of Topliss-reactive ketones (excluding diaryl/α,β-unsaturated/α-hetero) is 1. The van der Waals surface area contributed by atoms with Gasteiger partial charge in [-0.15, -0.1) is 0 Å². The Morgan fingerprint density at radius 2 is 1.57 bits per heavy atom. The lowest BCUT2D eigenvalue weighted by atomic mass is 9.85. The molecular formula is C31H33NO5. The van der Waals surface area contributed by atoms with Gasteiger partial charge in [-0.3, -0.25) is 9.59 Å². The molecule has 1 unspecified atom stereocenters. The molecule has 3 aromatic rings. The molecule has 0 aromatic heterocycles. The number of rotatable bonds is 6. The van der Waals surface area contributed by atoms with Crippen LogP contribution in [0.1, 0.15) is 54.6 Å². The van der Waals surface area contributed by atoms with E-state index in [1.54, 1.807) is 13.2 Å².